The molecule has 6 aromatic rings. The molecule has 57 heavy (non-hydrogen) atoms. The molecule has 0 aliphatic carbocycles. The lowest BCUT2D eigenvalue weighted by Gasteiger charge is -2.32. The van der Waals surface area contributed by atoms with Crippen LogP contribution in [0.3, 0.4) is 0 Å². The van der Waals surface area contributed by atoms with Crippen molar-refractivity contribution in [2.24, 2.45) is 0 Å². The lowest BCUT2D eigenvalue weighted by atomic mass is 9.79. The summed E-state index contributed by atoms with van der Waals surface area (Å²) in [5, 5.41) is 6.70. The summed E-state index contributed by atoms with van der Waals surface area (Å²) in [4.78, 5) is -0.221. The Hall–Kier alpha value is -4.22. The van der Waals surface area contributed by atoms with Gasteiger partial charge in [-0.3, -0.25) is 0 Å². The van der Waals surface area contributed by atoms with Gasteiger partial charge >= 0.3 is 0 Å². The average Bonchev–Trinajstić information content (AvgIpc) is 3.11. The Kier molecular flexibility index (Phi) is 11.1. The standard InChI is InChI=1S/C50H59O5PS/c1-47(2,3)37-27-33(28-38(45(37)54-13)48(4,5)6)56(34-29-39(49(7,8)9)46(55-14)40(30-34)50(10,11)12)41-25-23-31-19-15-17-21-35(31)43(41)44-36-22-18-16-20-32(36)24-26-42(44)57(51,52)53/h15-30H,1-14H3,(H,51,52,53). The monoisotopic (exact) mass is 802 g/mol. The molecule has 0 spiro atoms. The van der Waals surface area contributed by atoms with Gasteiger partial charge in [0, 0.05) is 33.4 Å². The summed E-state index contributed by atoms with van der Waals surface area (Å²) in [6.07, 6.45) is 0. The van der Waals surface area contributed by atoms with Crippen molar-refractivity contribution in [2.75, 3.05) is 14.2 Å². The highest BCUT2D eigenvalue weighted by molar-refractivity contribution is 7.86. The highest BCUT2D eigenvalue weighted by Crippen LogP contribution is 2.49. The van der Waals surface area contributed by atoms with Crippen LogP contribution in [-0.4, -0.2) is 27.2 Å². The molecule has 5 nitrogen and oxygen atoms in total. The third kappa shape index (κ3) is 8.11. The number of hydrogen-bond acceptors (Lipinski definition) is 5. The third-order valence-corrected chi connectivity index (χ3v) is 14.6. The second kappa shape index (κ2) is 14.9. The van der Waals surface area contributed by atoms with Gasteiger partial charge in [0.1, 0.15) is 37.5 Å². The minimum absolute atomic E-state index is 0.221. The van der Waals surface area contributed by atoms with Crippen LogP contribution in [0.4, 0.5) is 0 Å². The molecule has 0 fully saturated rings. The van der Waals surface area contributed by atoms with E-state index >= 15 is 0 Å². The highest BCUT2D eigenvalue weighted by Gasteiger charge is 2.39. The fourth-order valence-electron chi connectivity index (χ4n) is 8.16. The van der Waals surface area contributed by atoms with E-state index < -0.39 is 18.0 Å². The lowest BCUT2D eigenvalue weighted by molar-refractivity contribution is 0.381. The quantitative estimate of drug-likeness (QED) is 0.119. The fraction of sp³-hybridized carbons (Fsp3) is 0.360. The summed E-state index contributed by atoms with van der Waals surface area (Å²) in [6, 6.07) is 32.7. The summed E-state index contributed by atoms with van der Waals surface area (Å²) < 4.78 is 52.8. The van der Waals surface area contributed by atoms with Crippen LogP contribution in [0.5, 0.6) is 11.5 Å². The Balaban J connectivity index is 1.93. The highest BCUT2D eigenvalue weighted by atomic mass is 32.2. The number of fused-ring (bicyclic) bond motifs is 2. The van der Waals surface area contributed by atoms with Gasteiger partial charge < -0.3 is 14.0 Å². The number of ether oxygens (including phenoxy) is 2. The van der Waals surface area contributed by atoms with Crippen molar-refractivity contribution in [3.8, 4) is 22.6 Å². The molecule has 0 atom stereocenters. The summed E-state index contributed by atoms with van der Waals surface area (Å²) in [5.74, 6) is 1.77. The molecule has 7 heteroatoms. The number of rotatable bonds is 7. The molecular formula is C50H59O5PS. The van der Waals surface area contributed by atoms with Gasteiger partial charge in [-0.2, -0.15) is 0 Å². The van der Waals surface area contributed by atoms with E-state index in [-0.39, 0.29) is 26.6 Å². The minimum Gasteiger partial charge on any atom is -0.744 e. The smallest absolute Gasteiger partial charge is 0.126 e. The first kappa shape index (κ1) is 42.4. The Morgan fingerprint density at radius 2 is 0.842 bits per heavy atom. The van der Waals surface area contributed by atoms with Crippen molar-refractivity contribution in [3.63, 3.8) is 0 Å². The van der Waals surface area contributed by atoms with Crippen molar-refractivity contribution in [1.29, 1.82) is 0 Å². The van der Waals surface area contributed by atoms with Crippen molar-refractivity contribution in [2.45, 2.75) is 110 Å². The molecule has 0 N–H and O–H groups in total. The van der Waals surface area contributed by atoms with E-state index in [0.717, 1.165) is 76.8 Å². The summed E-state index contributed by atoms with van der Waals surface area (Å²) >= 11 is 0. The fourth-order valence-corrected chi connectivity index (χ4v) is 11.7. The number of hydrogen-bond donors (Lipinski definition) is 0. The average molecular weight is 803 g/mol. The first-order valence-corrected chi connectivity index (χ1v) is 22.6. The second-order valence-corrected chi connectivity index (χ2v) is 23.2. The molecule has 0 saturated carbocycles. The van der Waals surface area contributed by atoms with Gasteiger partial charge in [0.2, 0.25) is 0 Å². The first-order chi connectivity index (χ1) is 26.4. The zero-order valence-electron chi connectivity index (χ0n) is 36.2. The molecule has 0 unspecified atom stereocenters. The second-order valence-electron chi connectivity index (χ2n) is 19.4. The Morgan fingerprint density at radius 1 is 0.491 bits per heavy atom. The third-order valence-electron chi connectivity index (χ3n) is 11.0. The van der Waals surface area contributed by atoms with Crippen LogP contribution in [0.1, 0.15) is 105 Å². The summed E-state index contributed by atoms with van der Waals surface area (Å²) in [6.45, 7) is 26.7. The minimum atomic E-state index is -4.91. The van der Waals surface area contributed by atoms with Gasteiger partial charge in [0.05, 0.1) is 27.0 Å². The predicted molar refractivity (Wildman–Crippen MR) is 243 cm³/mol. The Labute approximate surface area is 342 Å². The van der Waals surface area contributed by atoms with Gasteiger partial charge in [-0.05, 0) is 79.6 Å². The molecule has 0 bridgehead atoms. The molecule has 6 aromatic carbocycles. The van der Waals surface area contributed by atoms with Gasteiger partial charge in [-0.25, -0.2) is 8.42 Å². The van der Waals surface area contributed by atoms with Crippen molar-refractivity contribution in [3.05, 3.63) is 119 Å². The van der Waals surface area contributed by atoms with Crippen LogP contribution in [-0.2, 0) is 31.8 Å². The first-order valence-electron chi connectivity index (χ1n) is 19.7. The van der Waals surface area contributed by atoms with Crippen molar-refractivity contribution < 1.29 is 22.4 Å². The van der Waals surface area contributed by atoms with Crippen molar-refractivity contribution in [1.82, 2.24) is 0 Å². The van der Waals surface area contributed by atoms with E-state index in [1.165, 1.54) is 6.07 Å². The van der Waals surface area contributed by atoms with E-state index in [1.54, 1.807) is 20.3 Å². The van der Waals surface area contributed by atoms with Crippen molar-refractivity contribution >= 4 is 55.5 Å². The molecule has 0 radical (unpaired) electrons. The lowest BCUT2D eigenvalue weighted by Crippen LogP contribution is -2.30. The van der Waals surface area contributed by atoms with E-state index in [9.17, 15) is 13.0 Å². The Morgan fingerprint density at radius 3 is 1.19 bits per heavy atom. The molecule has 0 aromatic heterocycles. The maximum atomic E-state index is 13.4. The molecule has 0 heterocycles. The van der Waals surface area contributed by atoms with Gasteiger partial charge in [-0.1, -0.05) is 144 Å². The maximum Gasteiger partial charge on any atom is 0.126 e. The molecule has 300 valence electrons. The largest absolute Gasteiger partial charge is 0.744 e. The normalized spacial score (nSPS) is 13.1. The number of benzene rings is 6. The molecule has 0 saturated heterocycles. The van der Waals surface area contributed by atoms with Gasteiger partial charge in [0.25, 0.3) is 0 Å². The van der Waals surface area contributed by atoms with Crippen LogP contribution >= 0.6 is 7.92 Å². The summed E-state index contributed by atoms with van der Waals surface area (Å²) in [5.41, 5.74) is 4.54. The van der Waals surface area contributed by atoms with Gasteiger partial charge in [0.15, 0.2) is 0 Å². The van der Waals surface area contributed by atoms with E-state index in [0.29, 0.717) is 5.56 Å². The molecular weight excluding hydrogens is 744 g/mol. The number of methoxy groups -OCH3 is 2. The zero-order chi connectivity index (χ0) is 42.0. The SMILES string of the molecule is COc1c(C(C)(C)C)cc([PH+](c2cc(C(C)(C)C)c(OC)c(C(C)(C)C)c2)c2ccc3ccccc3c2-c2c(S(=O)(=O)[O-])ccc3ccccc23)cc1C(C)(C)C. The van der Waals surface area contributed by atoms with Crippen LogP contribution in [0, 0.1) is 0 Å². The predicted octanol–water partition coefficient (Wildman–Crippen LogP) is 11.3. The Bertz CT molecular complexity index is 2460. The van der Waals surface area contributed by atoms with E-state index in [2.05, 4.69) is 132 Å². The maximum absolute atomic E-state index is 13.4. The molecule has 0 aliphatic heterocycles. The molecule has 0 amide bonds. The molecule has 0 aliphatic rings. The van der Waals surface area contributed by atoms with E-state index in [1.807, 2.05) is 36.4 Å². The van der Waals surface area contributed by atoms with Gasteiger partial charge in [-0.15, -0.1) is 0 Å². The molecule has 6 rings (SSSR count). The zero-order valence-corrected chi connectivity index (χ0v) is 38.0. The van der Waals surface area contributed by atoms with Crippen LogP contribution in [0.15, 0.2) is 102 Å². The summed E-state index contributed by atoms with van der Waals surface area (Å²) in [7, 11) is -3.45. The van der Waals surface area contributed by atoms with Crippen LogP contribution < -0.4 is 25.4 Å². The van der Waals surface area contributed by atoms with E-state index in [4.69, 9.17) is 9.47 Å². The van der Waals surface area contributed by atoms with Crippen LogP contribution in [0.2, 0.25) is 0 Å². The topological polar surface area (TPSA) is 75.7 Å². The van der Waals surface area contributed by atoms with Crippen LogP contribution in [0.25, 0.3) is 32.7 Å².